The molecule has 1 atom stereocenters. The molecule has 0 aliphatic rings. The molecule has 0 aliphatic heterocycles. The van der Waals surface area contributed by atoms with Crippen LogP contribution in [0.2, 0.25) is 0 Å². The average molecular weight is 267 g/mol. The first kappa shape index (κ1) is 13.4. The van der Waals surface area contributed by atoms with E-state index in [0.29, 0.717) is 5.52 Å². The molecule has 2 aromatic rings. The fourth-order valence-electron chi connectivity index (χ4n) is 1.94. The van der Waals surface area contributed by atoms with Crippen molar-refractivity contribution < 1.29 is 19.4 Å². The Labute approximate surface area is 108 Å². The molecular weight excluding hydrogens is 253 g/mol. The number of rotatable bonds is 4. The van der Waals surface area contributed by atoms with Crippen LogP contribution in [0.25, 0.3) is 11.0 Å². The summed E-state index contributed by atoms with van der Waals surface area (Å²) in [5, 5.41) is 25.9. The van der Waals surface area contributed by atoms with E-state index in [1.807, 2.05) is 13.8 Å². The smallest absolute Gasteiger partial charge is 0.338 e. The number of nitrogens with zero attached hydrogens (tertiary/aromatic N) is 3. The quantitative estimate of drug-likeness (QED) is 0.875. The lowest BCUT2D eigenvalue weighted by molar-refractivity contribution is 0.0692. The van der Waals surface area contributed by atoms with E-state index >= 15 is 0 Å². The Bertz CT molecular complexity index is 624. The number of carboxylic acid groups (broad SMARTS) is 1. The number of aliphatic hydroxyl groups is 1. The molecule has 0 bridgehead atoms. The molecule has 1 aromatic carbocycles. The Kier molecular flexibility index (Phi) is 3.48. The Morgan fingerprint density at radius 3 is 2.68 bits per heavy atom. The first-order valence-electron chi connectivity index (χ1n) is 5.84. The minimum atomic E-state index is -1.35. The van der Waals surface area contributed by atoms with Crippen molar-refractivity contribution in [1.29, 1.82) is 0 Å². The van der Waals surface area contributed by atoms with Crippen molar-refractivity contribution in [2.24, 2.45) is 5.92 Å². The molecule has 102 valence electrons. The minimum Gasteiger partial charge on any atom is -0.478 e. The predicted molar refractivity (Wildman–Crippen MR) is 65.4 cm³/mol. The molecule has 1 unspecified atom stereocenters. The van der Waals surface area contributed by atoms with Crippen LogP contribution in [0.1, 0.15) is 30.2 Å². The van der Waals surface area contributed by atoms with E-state index in [9.17, 15) is 14.3 Å². The van der Waals surface area contributed by atoms with Gasteiger partial charge >= 0.3 is 5.97 Å². The number of aromatic carboxylic acids is 1. The number of hydrogen-bond acceptors (Lipinski definition) is 4. The average Bonchev–Trinajstić information content (AvgIpc) is 2.71. The van der Waals surface area contributed by atoms with Crippen LogP contribution < -0.4 is 0 Å². The van der Waals surface area contributed by atoms with E-state index in [-0.39, 0.29) is 24.1 Å². The van der Waals surface area contributed by atoms with Gasteiger partial charge in [-0.15, -0.1) is 5.10 Å². The molecule has 1 heterocycles. The standard InChI is InChI=1S/C12H14FN3O3/c1-6(2)11(5-17)16-10-4-8(13)7(12(18)19)3-9(10)14-15-16/h3-4,6,11,17H,5H2,1-2H3,(H,18,19). The van der Waals surface area contributed by atoms with Gasteiger partial charge in [-0.05, 0) is 12.0 Å². The molecule has 2 rings (SSSR count). The van der Waals surface area contributed by atoms with Gasteiger partial charge in [-0.2, -0.15) is 0 Å². The number of fused-ring (bicyclic) bond motifs is 1. The van der Waals surface area contributed by atoms with Crippen LogP contribution in [-0.4, -0.2) is 37.8 Å². The molecule has 19 heavy (non-hydrogen) atoms. The zero-order valence-electron chi connectivity index (χ0n) is 10.5. The van der Waals surface area contributed by atoms with Crippen LogP contribution in [0.15, 0.2) is 12.1 Å². The molecule has 0 saturated carbocycles. The molecule has 6 nitrogen and oxygen atoms in total. The molecule has 0 radical (unpaired) electrons. The summed E-state index contributed by atoms with van der Waals surface area (Å²) >= 11 is 0. The van der Waals surface area contributed by atoms with Crippen molar-refractivity contribution in [1.82, 2.24) is 15.0 Å². The van der Waals surface area contributed by atoms with Crippen molar-refractivity contribution in [3.63, 3.8) is 0 Å². The van der Waals surface area contributed by atoms with Crippen molar-refractivity contribution in [2.75, 3.05) is 6.61 Å². The highest BCUT2D eigenvalue weighted by molar-refractivity contribution is 5.92. The SMILES string of the molecule is CC(C)C(CO)n1nnc2cc(C(=O)O)c(F)cc21. The fraction of sp³-hybridized carbons (Fsp3) is 0.417. The summed E-state index contributed by atoms with van der Waals surface area (Å²) in [6.07, 6.45) is 0. The summed E-state index contributed by atoms with van der Waals surface area (Å²) in [5.74, 6) is -2.11. The van der Waals surface area contributed by atoms with Gasteiger partial charge < -0.3 is 10.2 Å². The molecule has 0 saturated heterocycles. The molecular formula is C12H14FN3O3. The molecule has 0 amide bonds. The Morgan fingerprint density at radius 1 is 1.47 bits per heavy atom. The monoisotopic (exact) mass is 267 g/mol. The van der Waals surface area contributed by atoms with Crippen LogP contribution in [0.4, 0.5) is 4.39 Å². The van der Waals surface area contributed by atoms with Crippen molar-refractivity contribution >= 4 is 17.0 Å². The number of carboxylic acids is 1. The molecule has 7 heteroatoms. The van der Waals surface area contributed by atoms with Gasteiger partial charge in [0.05, 0.1) is 23.7 Å². The number of benzene rings is 1. The second kappa shape index (κ2) is 4.93. The third kappa shape index (κ3) is 2.28. The zero-order valence-corrected chi connectivity index (χ0v) is 10.5. The highest BCUT2D eigenvalue weighted by Crippen LogP contribution is 2.23. The molecule has 0 spiro atoms. The third-order valence-electron chi connectivity index (χ3n) is 3.06. The van der Waals surface area contributed by atoms with Gasteiger partial charge in [0.2, 0.25) is 0 Å². The molecule has 1 aromatic heterocycles. The van der Waals surface area contributed by atoms with Gasteiger partial charge in [0.15, 0.2) is 0 Å². The lowest BCUT2D eigenvalue weighted by atomic mass is 10.1. The maximum Gasteiger partial charge on any atom is 0.338 e. The maximum atomic E-state index is 13.7. The Hall–Kier alpha value is -2.02. The first-order chi connectivity index (χ1) is 8.95. The second-order valence-corrected chi connectivity index (χ2v) is 4.65. The predicted octanol–water partition coefficient (Wildman–Crippen LogP) is 1.46. The van der Waals surface area contributed by atoms with Gasteiger partial charge in [-0.3, -0.25) is 0 Å². The van der Waals surface area contributed by atoms with Crippen LogP contribution in [0, 0.1) is 11.7 Å². The number of halogens is 1. The zero-order chi connectivity index (χ0) is 14.2. The van der Waals surface area contributed by atoms with Crippen LogP contribution in [0.5, 0.6) is 0 Å². The fourth-order valence-corrected chi connectivity index (χ4v) is 1.94. The van der Waals surface area contributed by atoms with Crippen LogP contribution in [0.3, 0.4) is 0 Å². The van der Waals surface area contributed by atoms with Gasteiger partial charge in [0, 0.05) is 6.07 Å². The summed E-state index contributed by atoms with van der Waals surface area (Å²) in [6.45, 7) is 3.64. The van der Waals surface area contributed by atoms with Gasteiger partial charge in [-0.1, -0.05) is 19.1 Å². The van der Waals surface area contributed by atoms with Gasteiger partial charge in [0.1, 0.15) is 11.3 Å². The summed E-state index contributed by atoms with van der Waals surface area (Å²) in [5.41, 5.74) is 0.220. The van der Waals surface area contributed by atoms with Crippen LogP contribution in [-0.2, 0) is 0 Å². The van der Waals surface area contributed by atoms with E-state index in [4.69, 9.17) is 5.11 Å². The summed E-state index contributed by atoms with van der Waals surface area (Å²) in [7, 11) is 0. The molecule has 0 aliphatic carbocycles. The van der Waals surface area contributed by atoms with Gasteiger partial charge in [0.25, 0.3) is 0 Å². The highest BCUT2D eigenvalue weighted by atomic mass is 19.1. The normalized spacial score (nSPS) is 13.1. The largest absolute Gasteiger partial charge is 0.478 e. The summed E-state index contributed by atoms with van der Waals surface area (Å²) in [6, 6.07) is 1.90. The van der Waals surface area contributed by atoms with Crippen molar-refractivity contribution in [2.45, 2.75) is 19.9 Å². The third-order valence-corrected chi connectivity index (χ3v) is 3.06. The number of aliphatic hydroxyl groups excluding tert-OH is 1. The van der Waals surface area contributed by atoms with E-state index in [0.717, 1.165) is 12.1 Å². The molecule has 2 N–H and O–H groups in total. The van der Waals surface area contributed by atoms with Crippen molar-refractivity contribution in [3.05, 3.63) is 23.5 Å². The second-order valence-electron chi connectivity index (χ2n) is 4.65. The lowest BCUT2D eigenvalue weighted by Crippen LogP contribution is -2.20. The lowest BCUT2D eigenvalue weighted by Gasteiger charge is -2.18. The van der Waals surface area contributed by atoms with Crippen molar-refractivity contribution in [3.8, 4) is 0 Å². The maximum absolute atomic E-state index is 13.7. The first-order valence-corrected chi connectivity index (χ1v) is 5.84. The van der Waals surface area contributed by atoms with E-state index in [1.54, 1.807) is 0 Å². The van der Waals surface area contributed by atoms with E-state index < -0.39 is 17.3 Å². The number of hydrogen-bond donors (Lipinski definition) is 2. The van der Waals surface area contributed by atoms with E-state index in [1.165, 1.54) is 4.68 Å². The summed E-state index contributed by atoms with van der Waals surface area (Å²) < 4.78 is 15.1. The minimum absolute atomic E-state index is 0.0807. The van der Waals surface area contributed by atoms with E-state index in [2.05, 4.69) is 10.3 Å². The van der Waals surface area contributed by atoms with Gasteiger partial charge in [-0.25, -0.2) is 13.9 Å². The highest BCUT2D eigenvalue weighted by Gasteiger charge is 2.21. The number of carbonyl (C=O) groups is 1. The van der Waals surface area contributed by atoms with Crippen LogP contribution >= 0.6 is 0 Å². The topological polar surface area (TPSA) is 88.2 Å². The Balaban J connectivity index is 2.61. The summed E-state index contributed by atoms with van der Waals surface area (Å²) in [4.78, 5) is 10.8. The molecule has 0 fully saturated rings. The Morgan fingerprint density at radius 2 is 2.16 bits per heavy atom. The number of aromatic nitrogens is 3.